The first-order valence-electron chi connectivity index (χ1n) is 7.95. The van der Waals surface area contributed by atoms with E-state index in [1.54, 1.807) is 25.3 Å². The lowest BCUT2D eigenvalue weighted by atomic mass is 10.1. The number of ether oxygens (including phenoxy) is 1. The SMILES string of the molecule is COc1ccc(CCC(=O)NCCNS(=O)(=O)c2ccccc2)cc1. The Morgan fingerprint density at radius 2 is 1.68 bits per heavy atom. The topological polar surface area (TPSA) is 84.5 Å². The van der Waals surface area contributed by atoms with Gasteiger partial charge in [-0.15, -0.1) is 0 Å². The minimum atomic E-state index is -3.53. The molecule has 0 aliphatic carbocycles. The van der Waals surface area contributed by atoms with Gasteiger partial charge in [-0.25, -0.2) is 13.1 Å². The highest BCUT2D eigenvalue weighted by Crippen LogP contribution is 2.12. The molecule has 0 saturated carbocycles. The second kappa shape index (κ2) is 9.19. The van der Waals surface area contributed by atoms with Crippen molar-refractivity contribution in [2.24, 2.45) is 0 Å². The van der Waals surface area contributed by atoms with Crippen molar-refractivity contribution < 1.29 is 17.9 Å². The summed E-state index contributed by atoms with van der Waals surface area (Å²) >= 11 is 0. The van der Waals surface area contributed by atoms with E-state index in [9.17, 15) is 13.2 Å². The molecule has 7 heteroatoms. The molecule has 134 valence electrons. The lowest BCUT2D eigenvalue weighted by Gasteiger charge is -2.08. The first kappa shape index (κ1) is 19.0. The minimum absolute atomic E-state index is 0.116. The summed E-state index contributed by atoms with van der Waals surface area (Å²) in [5.74, 6) is 0.661. The third kappa shape index (κ3) is 6.21. The van der Waals surface area contributed by atoms with Crippen LogP contribution in [0.1, 0.15) is 12.0 Å². The van der Waals surface area contributed by atoms with E-state index in [1.165, 1.54) is 12.1 Å². The highest BCUT2D eigenvalue weighted by Gasteiger charge is 2.12. The molecule has 0 spiro atoms. The molecule has 0 heterocycles. The summed E-state index contributed by atoms with van der Waals surface area (Å²) in [5.41, 5.74) is 1.04. The molecule has 0 aromatic heterocycles. The molecule has 0 aliphatic rings. The van der Waals surface area contributed by atoms with E-state index in [2.05, 4.69) is 10.0 Å². The molecule has 0 fully saturated rings. The van der Waals surface area contributed by atoms with E-state index in [1.807, 2.05) is 24.3 Å². The smallest absolute Gasteiger partial charge is 0.240 e. The number of nitrogens with one attached hydrogen (secondary N) is 2. The second-order valence-corrected chi connectivity index (χ2v) is 7.18. The van der Waals surface area contributed by atoms with Crippen LogP contribution in [-0.4, -0.2) is 34.5 Å². The number of methoxy groups -OCH3 is 1. The molecular formula is C18H22N2O4S. The number of hydrogen-bond donors (Lipinski definition) is 2. The highest BCUT2D eigenvalue weighted by atomic mass is 32.2. The molecule has 0 radical (unpaired) electrons. The monoisotopic (exact) mass is 362 g/mol. The van der Waals surface area contributed by atoms with Crippen molar-refractivity contribution in [1.82, 2.24) is 10.0 Å². The first-order chi connectivity index (χ1) is 12.0. The zero-order valence-electron chi connectivity index (χ0n) is 14.1. The largest absolute Gasteiger partial charge is 0.497 e. The van der Waals surface area contributed by atoms with Gasteiger partial charge < -0.3 is 10.1 Å². The Bertz CT molecular complexity index is 774. The average Bonchev–Trinajstić information content (AvgIpc) is 2.64. The number of benzene rings is 2. The van der Waals surface area contributed by atoms with Crippen LogP contribution < -0.4 is 14.8 Å². The standard InChI is InChI=1S/C18H22N2O4S/c1-24-16-10-7-15(8-11-16)9-12-18(21)19-13-14-20-25(22,23)17-5-3-2-4-6-17/h2-8,10-11,20H,9,12-14H2,1H3,(H,19,21). The molecule has 25 heavy (non-hydrogen) atoms. The number of aryl methyl sites for hydroxylation is 1. The van der Waals surface area contributed by atoms with Crippen LogP contribution in [-0.2, 0) is 21.2 Å². The molecule has 0 saturated heterocycles. The summed E-state index contributed by atoms with van der Waals surface area (Å²) in [5, 5.41) is 2.71. The predicted octanol–water partition coefficient (Wildman–Crippen LogP) is 1.72. The van der Waals surface area contributed by atoms with Crippen molar-refractivity contribution in [2.45, 2.75) is 17.7 Å². The normalized spacial score (nSPS) is 11.1. The number of rotatable bonds is 9. The quantitative estimate of drug-likeness (QED) is 0.665. The van der Waals surface area contributed by atoms with Crippen LogP contribution in [0.3, 0.4) is 0 Å². The molecule has 1 amide bonds. The second-order valence-electron chi connectivity index (χ2n) is 5.41. The van der Waals surface area contributed by atoms with Gasteiger partial charge in [0.2, 0.25) is 15.9 Å². The zero-order valence-corrected chi connectivity index (χ0v) is 14.9. The Balaban J connectivity index is 1.68. The van der Waals surface area contributed by atoms with Gasteiger partial charge in [0.1, 0.15) is 5.75 Å². The molecule has 0 atom stereocenters. The summed E-state index contributed by atoms with van der Waals surface area (Å²) in [6.45, 7) is 0.388. The number of sulfonamides is 1. The van der Waals surface area contributed by atoms with E-state index in [0.29, 0.717) is 12.8 Å². The maximum absolute atomic E-state index is 12.0. The predicted molar refractivity (Wildman–Crippen MR) is 96.0 cm³/mol. The van der Waals surface area contributed by atoms with Gasteiger partial charge in [-0.05, 0) is 36.2 Å². The van der Waals surface area contributed by atoms with Crippen LogP contribution >= 0.6 is 0 Å². The summed E-state index contributed by atoms with van der Waals surface area (Å²) in [7, 11) is -1.93. The minimum Gasteiger partial charge on any atom is -0.497 e. The third-order valence-electron chi connectivity index (χ3n) is 3.59. The Morgan fingerprint density at radius 3 is 2.32 bits per heavy atom. The number of carbonyl (C=O) groups excluding carboxylic acids is 1. The van der Waals surface area contributed by atoms with Gasteiger partial charge in [0.05, 0.1) is 12.0 Å². The fourth-order valence-corrected chi connectivity index (χ4v) is 3.26. The third-order valence-corrected chi connectivity index (χ3v) is 5.07. The van der Waals surface area contributed by atoms with E-state index in [0.717, 1.165) is 11.3 Å². The number of amides is 1. The molecular weight excluding hydrogens is 340 g/mol. The van der Waals surface area contributed by atoms with Crippen molar-refractivity contribution in [2.75, 3.05) is 20.2 Å². The Kier molecular flexibility index (Phi) is 6.97. The van der Waals surface area contributed by atoms with Gasteiger partial charge in [0.25, 0.3) is 0 Å². The lowest BCUT2D eigenvalue weighted by Crippen LogP contribution is -2.34. The maximum atomic E-state index is 12.0. The van der Waals surface area contributed by atoms with Crippen LogP contribution in [0.25, 0.3) is 0 Å². The summed E-state index contributed by atoms with van der Waals surface area (Å²) in [6, 6.07) is 15.7. The van der Waals surface area contributed by atoms with Crippen molar-refractivity contribution in [3.8, 4) is 5.75 Å². The van der Waals surface area contributed by atoms with Crippen molar-refractivity contribution >= 4 is 15.9 Å². The summed E-state index contributed by atoms with van der Waals surface area (Å²) in [4.78, 5) is 12.0. The van der Waals surface area contributed by atoms with Gasteiger partial charge in [0.15, 0.2) is 0 Å². The molecule has 0 unspecified atom stereocenters. The van der Waals surface area contributed by atoms with E-state index in [4.69, 9.17) is 4.74 Å². The maximum Gasteiger partial charge on any atom is 0.240 e. The fourth-order valence-electron chi connectivity index (χ4n) is 2.21. The number of carbonyl (C=O) groups is 1. The van der Waals surface area contributed by atoms with Crippen LogP contribution in [0.4, 0.5) is 0 Å². The Hall–Kier alpha value is -2.38. The first-order valence-corrected chi connectivity index (χ1v) is 9.44. The van der Waals surface area contributed by atoms with Gasteiger partial charge >= 0.3 is 0 Å². The van der Waals surface area contributed by atoms with E-state index in [-0.39, 0.29) is 23.9 Å². The molecule has 2 rings (SSSR count). The van der Waals surface area contributed by atoms with Gasteiger partial charge in [0, 0.05) is 19.5 Å². The molecule has 0 aliphatic heterocycles. The molecule has 2 aromatic carbocycles. The number of hydrogen-bond acceptors (Lipinski definition) is 4. The molecule has 0 bridgehead atoms. The summed E-state index contributed by atoms with van der Waals surface area (Å²) < 4.78 is 31.6. The van der Waals surface area contributed by atoms with Gasteiger partial charge in [-0.3, -0.25) is 4.79 Å². The average molecular weight is 362 g/mol. The van der Waals surface area contributed by atoms with Gasteiger partial charge in [-0.1, -0.05) is 30.3 Å². The Morgan fingerprint density at radius 1 is 1.00 bits per heavy atom. The van der Waals surface area contributed by atoms with Gasteiger partial charge in [-0.2, -0.15) is 0 Å². The van der Waals surface area contributed by atoms with Crippen LogP contribution in [0.2, 0.25) is 0 Å². The lowest BCUT2D eigenvalue weighted by molar-refractivity contribution is -0.121. The van der Waals surface area contributed by atoms with E-state index < -0.39 is 10.0 Å². The van der Waals surface area contributed by atoms with Crippen molar-refractivity contribution in [1.29, 1.82) is 0 Å². The van der Waals surface area contributed by atoms with Crippen molar-refractivity contribution in [3.05, 3.63) is 60.2 Å². The Labute approximate surface area is 148 Å². The highest BCUT2D eigenvalue weighted by molar-refractivity contribution is 7.89. The van der Waals surface area contributed by atoms with Crippen LogP contribution in [0.5, 0.6) is 5.75 Å². The van der Waals surface area contributed by atoms with Crippen LogP contribution in [0, 0.1) is 0 Å². The van der Waals surface area contributed by atoms with Crippen LogP contribution in [0.15, 0.2) is 59.5 Å². The van der Waals surface area contributed by atoms with E-state index >= 15 is 0 Å². The fraction of sp³-hybridized carbons (Fsp3) is 0.278. The molecule has 6 nitrogen and oxygen atoms in total. The van der Waals surface area contributed by atoms with Crippen molar-refractivity contribution in [3.63, 3.8) is 0 Å². The molecule has 2 aromatic rings. The molecule has 2 N–H and O–H groups in total. The zero-order chi connectivity index (χ0) is 18.1. The summed E-state index contributed by atoms with van der Waals surface area (Å²) in [6.07, 6.45) is 0.962.